The maximum Gasteiger partial charge on any atom is 0.0755 e. The molecule has 1 aromatic rings. The Morgan fingerprint density at radius 3 is 1.82 bits per heavy atom. The fraction of sp³-hybridized carbons (Fsp3) is 0.786. The number of nitrogens with zero attached hydrogens (tertiary/aromatic N) is 3. The Morgan fingerprint density at radius 1 is 0.882 bits per heavy atom. The van der Waals surface area contributed by atoms with E-state index in [0.29, 0.717) is 0 Å². The summed E-state index contributed by atoms with van der Waals surface area (Å²) in [5.74, 6) is 0. The van der Waals surface area contributed by atoms with Crippen molar-refractivity contribution in [1.82, 2.24) is 15.4 Å². The predicted molar refractivity (Wildman–Crippen MR) is 71.0 cm³/mol. The first-order valence-electron chi connectivity index (χ1n) is 6.17. The highest BCUT2D eigenvalue weighted by atomic mass is 15.3. The minimum absolute atomic E-state index is 0.00616. The quantitative estimate of drug-likeness (QED) is 0.748. The van der Waals surface area contributed by atoms with E-state index in [-0.39, 0.29) is 16.2 Å². The molecular weight excluding hydrogens is 210 g/mol. The largest absolute Gasteiger partial charge is 0.138 e. The lowest BCUT2D eigenvalue weighted by molar-refractivity contribution is 0.219. The van der Waals surface area contributed by atoms with Gasteiger partial charge < -0.3 is 0 Å². The summed E-state index contributed by atoms with van der Waals surface area (Å²) in [5, 5.41) is 12.1. The van der Waals surface area contributed by atoms with Crippen LogP contribution >= 0.6 is 0 Å². The average Bonchev–Trinajstić information content (AvgIpc) is 2.14. The average molecular weight is 235 g/mol. The van der Waals surface area contributed by atoms with Gasteiger partial charge in [-0.3, -0.25) is 0 Å². The van der Waals surface area contributed by atoms with E-state index in [1.165, 1.54) is 5.56 Å². The minimum atomic E-state index is -0.00616. The van der Waals surface area contributed by atoms with Crippen LogP contribution in [0.1, 0.15) is 66.6 Å². The van der Waals surface area contributed by atoms with Crippen molar-refractivity contribution in [2.24, 2.45) is 5.41 Å². The van der Waals surface area contributed by atoms with Crippen LogP contribution in [0.5, 0.6) is 0 Å². The molecule has 0 radical (unpaired) electrons. The van der Waals surface area contributed by atoms with Crippen LogP contribution in [0.25, 0.3) is 0 Å². The van der Waals surface area contributed by atoms with Crippen molar-refractivity contribution >= 4 is 0 Å². The number of hydrogen-bond donors (Lipinski definition) is 0. The molecule has 0 unspecified atom stereocenters. The van der Waals surface area contributed by atoms with E-state index in [1.807, 2.05) is 6.20 Å². The SMILES string of the molecule is CC(C)(C)c1nnncc1C(C)(C)C(C)(C)C. The van der Waals surface area contributed by atoms with Gasteiger partial charge in [-0.2, -0.15) is 0 Å². The molecule has 0 saturated carbocycles. The van der Waals surface area contributed by atoms with Crippen LogP contribution in [0.15, 0.2) is 6.20 Å². The molecule has 1 heterocycles. The van der Waals surface area contributed by atoms with Gasteiger partial charge in [-0.25, -0.2) is 0 Å². The van der Waals surface area contributed by atoms with Gasteiger partial charge in [-0.1, -0.05) is 55.4 Å². The van der Waals surface area contributed by atoms with E-state index in [0.717, 1.165) is 5.69 Å². The molecule has 17 heavy (non-hydrogen) atoms. The lowest BCUT2D eigenvalue weighted by atomic mass is 9.64. The second-order valence-corrected chi connectivity index (χ2v) is 7.32. The molecule has 0 atom stereocenters. The highest BCUT2D eigenvalue weighted by molar-refractivity contribution is 5.31. The van der Waals surface area contributed by atoms with Crippen molar-refractivity contribution in [1.29, 1.82) is 0 Å². The second kappa shape index (κ2) is 4.04. The molecule has 3 heteroatoms. The van der Waals surface area contributed by atoms with E-state index in [2.05, 4.69) is 70.8 Å². The lowest BCUT2D eigenvalue weighted by Gasteiger charge is -2.41. The topological polar surface area (TPSA) is 38.7 Å². The molecule has 0 bridgehead atoms. The molecule has 96 valence electrons. The Bertz CT molecular complexity index is 395. The molecule has 0 aromatic carbocycles. The first kappa shape index (κ1) is 14.1. The summed E-state index contributed by atoms with van der Waals surface area (Å²) in [6.45, 7) is 17.7. The van der Waals surface area contributed by atoms with E-state index in [4.69, 9.17) is 0 Å². The van der Waals surface area contributed by atoms with Crippen LogP contribution in [0.4, 0.5) is 0 Å². The van der Waals surface area contributed by atoms with Crippen molar-refractivity contribution < 1.29 is 0 Å². The Morgan fingerprint density at radius 2 is 1.41 bits per heavy atom. The highest BCUT2D eigenvalue weighted by Crippen LogP contribution is 2.43. The Hall–Kier alpha value is -0.990. The van der Waals surface area contributed by atoms with Gasteiger partial charge in [-0.05, 0) is 16.0 Å². The van der Waals surface area contributed by atoms with Crippen LogP contribution in [-0.2, 0) is 10.8 Å². The van der Waals surface area contributed by atoms with Gasteiger partial charge in [0.2, 0.25) is 0 Å². The molecule has 0 amide bonds. The van der Waals surface area contributed by atoms with Crippen LogP contribution in [-0.4, -0.2) is 15.4 Å². The summed E-state index contributed by atoms with van der Waals surface area (Å²) in [4.78, 5) is 0. The van der Waals surface area contributed by atoms with Gasteiger partial charge in [0.05, 0.1) is 11.9 Å². The van der Waals surface area contributed by atoms with Gasteiger partial charge >= 0.3 is 0 Å². The summed E-state index contributed by atoms with van der Waals surface area (Å²) < 4.78 is 0. The fourth-order valence-electron chi connectivity index (χ4n) is 1.68. The van der Waals surface area contributed by atoms with Crippen molar-refractivity contribution in [3.8, 4) is 0 Å². The molecule has 1 rings (SSSR count). The number of rotatable bonds is 1. The first-order chi connectivity index (χ1) is 7.48. The van der Waals surface area contributed by atoms with Crippen LogP contribution in [0.2, 0.25) is 0 Å². The van der Waals surface area contributed by atoms with Crippen molar-refractivity contribution in [3.63, 3.8) is 0 Å². The van der Waals surface area contributed by atoms with Gasteiger partial charge in [-0.15, -0.1) is 10.2 Å². The van der Waals surface area contributed by atoms with E-state index in [9.17, 15) is 0 Å². The summed E-state index contributed by atoms with van der Waals surface area (Å²) in [6.07, 6.45) is 1.87. The molecule has 0 aliphatic heterocycles. The molecule has 0 fully saturated rings. The van der Waals surface area contributed by atoms with Crippen molar-refractivity contribution in [2.75, 3.05) is 0 Å². The maximum atomic E-state index is 4.27. The maximum absolute atomic E-state index is 4.27. The zero-order valence-electron chi connectivity index (χ0n) is 12.4. The normalized spacial score (nSPS) is 13.9. The summed E-state index contributed by atoms with van der Waals surface area (Å²) in [7, 11) is 0. The van der Waals surface area contributed by atoms with Gasteiger partial charge in [0.1, 0.15) is 0 Å². The Kier molecular flexibility index (Phi) is 3.34. The number of hydrogen-bond acceptors (Lipinski definition) is 3. The standard InChI is InChI=1S/C14H25N3/c1-12(2,3)11-10(9-15-17-16-11)14(7,8)13(4,5)6/h9H,1-8H3. The molecule has 0 saturated heterocycles. The molecule has 3 nitrogen and oxygen atoms in total. The van der Waals surface area contributed by atoms with Crippen LogP contribution < -0.4 is 0 Å². The lowest BCUT2D eigenvalue weighted by Crippen LogP contribution is -2.37. The Labute approximate surface area is 105 Å². The third-order valence-electron chi connectivity index (χ3n) is 3.90. The smallest absolute Gasteiger partial charge is 0.0755 e. The molecular formula is C14H25N3. The molecule has 0 aliphatic carbocycles. The second-order valence-electron chi connectivity index (χ2n) is 7.32. The molecule has 0 N–H and O–H groups in total. The van der Waals surface area contributed by atoms with Gasteiger partial charge in [0.25, 0.3) is 0 Å². The van der Waals surface area contributed by atoms with E-state index >= 15 is 0 Å². The third kappa shape index (κ3) is 2.64. The molecule has 1 aromatic heterocycles. The molecule has 0 aliphatic rings. The first-order valence-corrected chi connectivity index (χ1v) is 6.17. The number of aromatic nitrogens is 3. The fourth-order valence-corrected chi connectivity index (χ4v) is 1.68. The van der Waals surface area contributed by atoms with Gasteiger partial charge in [0, 0.05) is 11.0 Å². The summed E-state index contributed by atoms with van der Waals surface area (Å²) in [6, 6.07) is 0. The zero-order chi connectivity index (χ0) is 13.5. The van der Waals surface area contributed by atoms with Crippen molar-refractivity contribution in [3.05, 3.63) is 17.5 Å². The minimum Gasteiger partial charge on any atom is -0.138 e. The monoisotopic (exact) mass is 235 g/mol. The third-order valence-corrected chi connectivity index (χ3v) is 3.90. The predicted octanol–water partition coefficient (Wildman–Crippen LogP) is 3.49. The van der Waals surface area contributed by atoms with E-state index in [1.54, 1.807) is 0 Å². The van der Waals surface area contributed by atoms with Crippen LogP contribution in [0, 0.1) is 5.41 Å². The summed E-state index contributed by atoms with van der Waals surface area (Å²) >= 11 is 0. The zero-order valence-corrected chi connectivity index (χ0v) is 12.4. The Balaban J connectivity index is 3.43. The van der Waals surface area contributed by atoms with E-state index < -0.39 is 0 Å². The van der Waals surface area contributed by atoms with Crippen LogP contribution in [0.3, 0.4) is 0 Å². The van der Waals surface area contributed by atoms with Crippen molar-refractivity contribution in [2.45, 2.75) is 66.2 Å². The van der Waals surface area contributed by atoms with Gasteiger partial charge in [0.15, 0.2) is 0 Å². The molecule has 0 spiro atoms. The highest BCUT2D eigenvalue weighted by Gasteiger charge is 2.38. The summed E-state index contributed by atoms with van der Waals surface area (Å²) in [5.41, 5.74) is 2.41.